The summed E-state index contributed by atoms with van der Waals surface area (Å²) in [5.74, 6) is 0.762. The highest BCUT2D eigenvalue weighted by Gasteiger charge is 2.72. The maximum absolute atomic E-state index is 12.8. The van der Waals surface area contributed by atoms with Gasteiger partial charge in [-0.3, -0.25) is 0 Å². The van der Waals surface area contributed by atoms with Crippen molar-refractivity contribution in [3.63, 3.8) is 0 Å². The van der Waals surface area contributed by atoms with Gasteiger partial charge in [0.1, 0.15) is 0 Å². The Kier molecular flexibility index (Phi) is 3.70. The highest BCUT2D eigenvalue weighted by atomic mass is 16.5. The lowest BCUT2D eigenvalue weighted by Gasteiger charge is -2.62. The molecule has 4 aromatic rings. The first kappa shape index (κ1) is 20.0. The maximum Gasteiger partial charge on any atom is 0.166 e. The molecule has 1 spiro atoms. The molecule has 0 amide bonds. The molecule has 1 aromatic heterocycles. The van der Waals surface area contributed by atoms with Crippen molar-refractivity contribution in [1.29, 1.82) is 0 Å². The van der Waals surface area contributed by atoms with Crippen LogP contribution in [0.4, 0.5) is 0 Å². The van der Waals surface area contributed by atoms with Crippen LogP contribution in [0.25, 0.3) is 10.9 Å². The third-order valence-electron chi connectivity index (χ3n) is 9.48. The zero-order chi connectivity index (χ0) is 23.5. The van der Waals surface area contributed by atoms with Crippen molar-refractivity contribution in [1.82, 2.24) is 9.47 Å². The van der Waals surface area contributed by atoms with E-state index in [4.69, 9.17) is 4.74 Å². The molecule has 35 heavy (non-hydrogen) atoms. The number of nitrogens with zero attached hydrogens (tertiary/aromatic N) is 2. The normalized spacial score (nSPS) is 30.1. The molecule has 5 nitrogen and oxygen atoms in total. The van der Waals surface area contributed by atoms with Gasteiger partial charge in [0.15, 0.2) is 17.6 Å². The summed E-state index contributed by atoms with van der Waals surface area (Å²) in [6, 6.07) is 22.9. The minimum Gasteiger partial charge on any atom is -0.504 e. The molecule has 3 aromatic carbocycles. The SMILES string of the molecule is CN1CC[C@]23c4c5ccc(O)c4O[C@H]2c2c(c4ccccc4n2Cc2ccccc2)C[C@@]3(O)C1C5. The first-order chi connectivity index (χ1) is 17.0. The Morgan fingerprint density at radius 1 is 1.03 bits per heavy atom. The zero-order valence-electron chi connectivity index (χ0n) is 19.7. The fraction of sp³-hybridized carbons (Fsp3) is 0.333. The van der Waals surface area contributed by atoms with Crippen molar-refractivity contribution < 1.29 is 14.9 Å². The average molecular weight is 465 g/mol. The second-order valence-electron chi connectivity index (χ2n) is 10.9. The Hall–Kier alpha value is -3.28. The molecule has 3 heterocycles. The van der Waals surface area contributed by atoms with Gasteiger partial charge < -0.3 is 24.4 Å². The molecule has 2 bridgehead atoms. The Balaban J connectivity index is 1.46. The number of rotatable bonds is 2. The number of fused-ring (bicyclic) bond motifs is 4. The molecule has 5 heteroatoms. The lowest BCUT2D eigenvalue weighted by molar-refractivity contribution is -0.168. The highest BCUT2D eigenvalue weighted by molar-refractivity contribution is 5.87. The van der Waals surface area contributed by atoms with Crippen LogP contribution < -0.4 is 4.74 Å². The number of piperidine rings is 1. The van der Waals surface area contributed by atoms with Crippen molar-refractivity contribution in [3.8, 4) is 11.5 Å². The number of para-hydroxylation sites is 1. The quantitative estimate of drug-likeness (QED) is 0.464. The van der Waals surface area contributed by atoms with Crippen molar-refractivity contribution >= 4 is 10.9 Å². The third kappa shape index (κ3) is 2.22. The lowest BCUT2D eigenvalue weighted by Crippen LogP contribution is -2.74. The van der Waals surface area contributed by atoms with Gasteiger partial charge in [0.2, 0.25) is 0 Å². The second-order valence-corrected chi connectivity index (χ2v) is 10.9. The highest BCUT2D eigenvalue weighted by Crippen LogP contribution is 2.69. The van der Waals surface area contributed by atoms with Gasteiger partial charge in [-0.1, -0.05) is 54.6 Å². The van der Waals surface area contributed by atoms with E-state index in [-0.39, 0.29) is 17.9 Å². The summed E-state index contributed by atoms with van der Waals surface area (Å²) in [6.07, 6.45) is 1.82. The van der Waals surface area contributed by atoms with E-state index in [1.807, 2.05) is 12.1 Å². The lowest BCUT2D eigenvalue weighted by atomic mass is 9.49. The molecule has 1 unspecified atom stereocenters. The van der Waals surface area contributed by atoms with E-state index in [9.17, 15) is 10.2 Å². The Bertz CT molecular complexity index is 1530. The van der Waals surface area contributed by atoms with Gasteiger partial charge in [-0.05, 0) is 55.3 Å². The molecule has 4 atom stereocenters. The molecular formula is C30H28N2O3. The molecule has 2 aliphatic heterocycles. The van der Waals surface area contributed by atoms with Crippen molar-refractivity contribution in [2.24, 2.45) is 0 Å². The van der Waals surface area contributed by atoms with Crippen LogP contribution >= 0.6 is 0 Å². The van der Waals surface area contributed by atoms with Crippen LogP contribution in [-0.2, 0) is 24.8 Å². The molecule has 0 saturated carbocycles. The summed E-state index contributed by atoms with van der Waals surface area (Å²) in [5, 5.41) is 24.9. The number of aromatic hydroxyl groups is 1. The van der Waals surface area contributed by atoms with Gasteiger partial charge in [-0.2, -0.15) is 0 Å². The molecule has 2 aliphatic carbocycles. The van der Waals surface area contributed by atoms with E-state index in [0.29, 0.717) is 12.2 Å². The van der Waals surface area contributed by atoms with Gasteiger partial charge in [0, 0.05) is 35.5 Å². The van der Waals surface area contributed by atoms with Gasteiger partial charge >= 0.3 is 0 Å². The number of phenols is 1. The molecule has 4 aliphatic rings. The van der Waals surface area contributed by atoms with Gasteiger partial charge in [-0.25, -0.2) is 0 Å². The summed E-state index contributed by atoms with van der Waals surface area (Å²) in [5.41, 5.74) is 5.48. The number of ether oxygens (including phenoxy) is 1. The van der Waals surface area contributed by atoms with E-state index in [1.165, 1.54) is 27.6 Å². The Morgan fingerprint density at radius 3 is 2.69 bits per heavy atom. The zero-order valence-corrected chi connectivity index (χ0v) is 19.7. The first-order valence-electron chi connectivity index (χ1n) is 12.6. The average Bonchev–Trinajstić information content (AvgIpc) is 3.37. The standard InChI is InChI=1S/C30H28N2O3/c1-31-14-13-29-25-19-11-12-23(33)27(25)35-28(29)26-21(16-30(29,34)24(31)15-19)20-9-5-6-10-22(20)32(26)17-18-7-3-2-4-8-18/h2-12,24,28,33-34H,13-17H2,1H3/t24?,28-,29-,30+/m0/s1. The minimum absolute atomic E-state index is 0.00901. The summed E-state index contributed by atoms with van der Waals surface area (Å²) in [7, 11) is 2.14. The summed E-state index contributed by atoms with van der Waals surface area (Å²) >= 11 is 0. The number of likely N-dealkylation sites (N-methyl/N-ethyl adjacent to an activating group) is 1. The summed E-state index contributed by atoms with van der Waals surface area (Å²) in [6.45, 7) is 1.64. The number of aromatic nitrogens is 1. The van der Waals surface area contributed by atoms with Crippen molar-refractivity contribution in [2.75, 3.05) is 13.6 Å². The second kappa shape index (κ2) is 6.48. The van der Waals surface area contributed by atoms with E-state index < -0.39 is 11.0 Å². The van der Waals surface area contributed by atoms with Crippen LogP contribution in [0, 0.1) is 0 Å². The van der Waals surface area contributed by atoms with Gasteiger partial charge in [-0.15, -0.1) is 0 Å². The topological polar surface area (TPSA) is 57.9 Å². The van der Waals surface area contributed by atoms with Crippen molar-refractivity contribution in [3.05, 3.63) is 94.7 Å². The van der Waals surface area contributed by atoms with Crippen LogP contribution in [0.1, 0.15) is 40.5 Å². The number of hydrogen-bond donors (Lipinski definition) is 2. The van der Waals surface area contributed by atoms with Gasteiger partial charge in [0.05, 0.1) is 16.7 Å². The summed E-state index contributed by atoms with van der Waals surface area (Å²) in [4.78, 5) is 2.34. The fourth-order valence-corrected chi connectivity index (χ4v) is 8.01. The van der Waals surface area contributed by atoms with E-state index in [1.54, 1.807) is 6.07 Å². The monoisotopic (exact) mass is 464 g/mol. The predicted molar refractivity (Wildman–Crippen MR) is 134 cm³/mol. The molecule has 1 fully saturated rings. The van der Waals surface area contributed by atoms with E-state index in [0.717, 1.165) is 37.2 Å². The van der Waals surface area contributed by atoms with Crippen LogP contribution in [-0.4, -0.2) is 44.9 Å². The maximum atomic E-state index is 12.8. The first-order valence-corrected chi connectivity index (χ1v) is 12.6. The molecule has 0 radical (unpaired) electrons. The Labute approximate surface area is 204 Å². The van der Waals surface area contributed by atoms with Crippen molar-refractivity contribution in [2.45, 2.75) is 49.0 Å². The van der Waals surface area contributed by atoms with Crippen LogP contribution in [0.5, 0.6) is 11.5 Å². The van der Waals surface area contributed by atoms with Crippen LogP contribution in [0.15, 0.2) is 66.7 Å². The van der Waals surface area contributed by atoms with Crippen LogP contribution in [0.3, 0.4) is 0 Å². The number of hydrogen-bond acceptors (Lipinski definition) is 4. The van der Waals surface area contributed by atoms with E-state index in [2.05, 4.69) is 65.0 Å². The smallest absolute Gasteiger partial charge is 0.166 e. The molecule has 8 rings (SSSR count). The number of aliphatic hydroxyl groups is 1. The fourth-order valence-electron chi connectivity index (χ4n) is 8.01. The largest absolute Gasteiger partial charge is 0.504 e. The molecule has 176 valence electrons. The number of phenolic OH excluding ortho intramolecular Hbond substituents is 1. The molecule has 1 saturated heterocycles. The summed E-state index contributed by atoms with van der Waals surface area (Å²) < 4.78 is 9.20. The minimum atomic E-state index is -0.967. The number of likely N-dealkylation sites (tertiary alicyclic amines) is 1. The number of benzene rings is 3. The predicted octanol–water partition coefficient (Wildman–Crippen LogP) is 4.31. The van der Waals surface area contributed by atoms with Gasteiger partial charge in [0.25, 0.3) is 0 Å². The Morgan fingerprint density at radius 2 is 1.83 bits per heavy atom. The van der Waals surface area contributed by atoms with Crippen LogP contribution in [0.2, 0.25) is 0 Å². The van der Waals surface area contributed by atoms with E-state index >= 15 is 0 Å². The molecular weight excluding hydrogens is 436 g/mol. The third-order valence-corrected chi connectivity index (χ3v) is 9.48. The molecule has 2 N–H and O–H groups in total.